The van der Waals surface area contributed by atoms with Crippen LogP contribution in [-0.4, -0.2) is 47.6 Å². The van der Waals surface area contributed by atoms with Crippen molar-refractivity contribution in [3.63, 3.8) is 0 Å². The van der Waals surface area contributed by atoms with Crippen LogP contribution < -0.4 is 0 Å². The zero-order chi connectivity index (χ0) is 11.0. The fraction of sp³-hybridized carbons (Fsp3) is 0.923. The molecule has 3 fully saturated rings. The summed E-state index contributed by atoms with van der Waals surface area (Å²) in [7, 11) is 0. The molecule has 3 aliphatic rings. The van der Waals surface area contributed by atoms with E-state index in [1.165, 1.54) is 38.6 Å². The van der Waals surface area contributed by atoms with Crippen molar-refractivity contribution in [2.24, 2.45) is 0 Å². The van der Waals surface area contributed by atoms with Crippen LogP contribution in [0.1, 0.15) is 38.5 Å². The molecular formula is C13H21N3. The molecule has 0 aromatic carbocycles. The maximum Gasteiger partial charge on any atom is 0.126 e. The third-order valence-corrected chi connectivity index (χ3v) is 4.81. The highest BCUT2D eigenvalue weighted by Crippen LogP contribution is 2.40. The molecule has 3 nitrogen and oxygen atoms in total. The first-order valence-corrected chi connectivity index (χ1v) is 6.77. The van der Waals surface area contributed by atoms with Gasteiger partial charge in [0, 0.05) is 12.6 Å². The third kappa shape index (κ3) is 1.40. The van der Waals surface area contributed by atoms with Gasteiger partial charge in [-0.25, -0.2) is 0 Å². The second-order valence-electron chi connectivity index (χ2n) is 5.53. The molecule has 3 heteroatoms. The summed E-state index contributed by atoms with van der Waals surface area (Å²) in [5, 5.41) is 9.70. The van der Waals surface area contributed by atoms with E-state index in [2.05, 4.69) is 15.9 Å². The Morgan fingerprint density at radius 2 is 1.81 bits per heavy atom. The van der Waals surface area contributed by atoms with Crippen molar-refractivity contribution in [1.29, 1.82) is 5.26 Å². The zero-order valence-corrected chi connectivity index (χ0v) is 9.99. The van der Waals surface area contributed by atoms with Crippen LogP contribution in [0.3, 0.4) is 0 Å². The summed E-state index contributed by atoms with van der Waals surface area (Å²) in [6.45, 7) is 4.67. The van der Waals surface area contributed by atoms with Gasteiger partial charge in [-0.05, 0) is 51.7 Å². The molecule has 0 amide bonds. The van der Waals surface area contributed by atoms with Crippen LogP contribution >= 0.6 is 0 Å². The van der Waals surface area contributed by atoms with Crippen LogP contribution in [0.2, 0.25) is 0 Å². The van der Waals surface area contributed by atoms with Gasteiger partial charge in [0.1, 0.15) is 5.54 Å². The van der Waals surface area contributed by atoms with Gasteiger partial charge in [0.05, 0.1) is 6.07 Å². The van der Waals surface area contributed by atoms with E-state index in [0.717, 1.165) is 26.1 Å². The average Bonchev–Trinajstić information content (AvgIpc) is 2.92. The first-order valence-electron chi connectivity index (χ1n) is 6.77. The molecule has 88 valence electrons. The number of likely N-dealkylation sites (tertiary alicyclic amines) is 1. The molecular weight excluding hydrogens is 198 g/mol. The SMILES string of the molecule is N#CC1(N2CCCCC2)CCN2CCCC21. The molecule has 2 unspecified atom stereocenters. The second-order valence-corrected chi connectivity index (χ2v) is 5.53. The molecule has 0 saturated carbocycles. The quantitative estimate of drug-likeness (QED) is 0.671. The van der Waals surface area contributed by atoms with Gasteiger partial charge in [-0.1, -0.05) is 6.42 Å². The number of fused-ring (bicyclic) bond motifs is 1. The lowest BCUT2D eigenvalue weighted by Crippen LogP contribution is -2.56. The summed E-state index contributed by atoms with van der Waals surface area (Å²) >= 11 is 0. The Hall–Kier alpha value is -0.590. The van der Waals surface area contributed by atoms with E-state index in [1.54, 1.807) is 0 Å². The van der Waals surface area contributed by atoms with E-state index in [0.29, 0.717) is 6.04 Å². The molecule has 0 radical (unpaired) electrons. The number of nitrogens with zero attached hydrogens (tertiary/aromatic N) is 3. The Morgan fingerprint density at radius 1 is 1.00 bits per heavy atom. The van der Waals surface area contributed by atoms with Gasteiger partial charge in [0.2, 0.25) is 0 Å². The Morgan fingerprint density at radius 3 is 2.56 bits per heavy atom. The lowest BCUT2D eigenvalue weighted by Gasteiger charge is -2.42. The highest BCUT2D eigenvalue weighted by Gasteiger charge is 2.53. The van der Waals surface area contributed by atoms with Crippen LogP contribution in [0.15, 0.2) is 0 Å². The Balaban J connectivity index is 1.85. The van der Waals surface area contributed by atoms with E-state index >= 15 is 0 Å². The van der Waals surface area contributed by atoms with Gasteiger partial charge < -0.3 is 0 Å². The van der Waals surface area contributed by atoms with Crippen molar-refractivity contribution in [2.75, 3.05) is 26.2 Å². The molecule has 0 aromatic rings. The molecule has 2 atom stereocenters. The van der Waals surface area contributed by atoms with Crippen molar-refractivity contribution in [3.8, 4) is 6.07 Å². The molecule has 3 rings (SSSR count). The van der Waals surface area contributed by atoms with Crippen molar-refractivity contribution >= 4 is 0 Å². The maximum atomic E-state index is 9.70. The number of hydrogen-bond acceptors (Lipinski definition) is 3. The van der Waals surface area contributed by atoms with Crippen molar-refractivity contribution in [1.82, 2.24) is 9.80 Å². The van der Waals surface area contributed by atoms with E-state index in [9.17, 15) is 5.26 Å². The molecule has 16 heavy (non-hydrogen) atoms. The minimum atomic E-state index is -0.128. The highest BCUT2D eigenvalue weighted by molar-refractivity contribution is 5.21. The molecule has 0 aromatic heterocycles. The summed E-state index contributed by atoms with van der Waals surface area (Å²) in [4.78, 5) is 5.06. The van der Waals surface area contributed by atoms with E-state index < -0.39 is 0 Å². The third-order valence-electron chi connectivity index (χ3n) is 4.81. The van der Waals surface area contributed by atoms with Crippen LogP contribution in [0.25, 0.3) is 0 Å². The lowest BCUT2D eigenvalue weighted by atomic mass is 9.86. The Kier molecular flexibility index (Phi) is 2.65. The number of nitriles is 1. The molecule has 3 saturated heterocycles. The normalized spacial score (nSPS) is 40.8. The summed E-state index contributed by atoms with van der Waals surface area (Å²) in [5.74, 6) is 0. The van der Waals surface area contributed by atoms with E-state index in [4.69, 9.17) is 0 Å². The summed E-state index contributed by atoms with van der Waals surface area (Å²) in [6.07, 6.45) is 7.54. The minimum absolute atomic E-state index is 0.128. The maximum absolute atomic E-state index is 9.70. The molecule has 0 bridgehead atoms. The van der Waals surface area contributed by atoms with Crippen molar-refractivity contribution < 1.29 is 0 Å². The largest absolute Gasteiger partial charge is 0.297 e. The highest BCUT2D eigenvalue weighted by atomic mass is 15.3. The molecule has 3 aliphatic heterocycles. The van der Waals surface area contributed by atoms with Gasteiger partial charge in [0.15, 0.2) is 0 Å². The number of rotatable bonds is 1. The molecule has 3 heterocycles. The lowest BCUT2D eigenvalue weighted by molar-refractivity contribution is 0.0842. The number of hydrogen-bond donors (Lipinski definition) is 0. The first kappa shape index (κ1) is 10.6. The minimum Gasteiger partial charge on any atom is -0.297 e. The fourth-order valence-electron chi connectivity index (χ4n) is 3.98. The van der Waals surface area contributed by atoms with Crippen molar-refractivity contribution in [2.45, 2.75) is 50.1 Å². The first-order chi connectivity index (χ1) is 7.87. The zero-order valence-electron chi connectivity index (χ0n) is 9.99. The average molecular weight is 219 g/mol. The van der Waals surface area contributed by atoms with Crippen LogP contribution in [-0.2, 0) is 0 Å². The second kappa shape index (κ2) is 4.01. The van der Waals surface area contributed by atoms with Gasteiger partial charge in [-0.2, -0.15) is 5.26 Å². The smallest absolute Gasteiger partial charge is 0.126 e. The molecule has 0 N–H and O–H groups in total. The van der Waals surface area contributed by atoms with Crippen LogP contribution in [0, 0.1) is 11.3 Å². The predicted molar refractivity (Wildman–Crippen MR) is 63.0 cm³/mol. The van der Waals surface area contributed by atoms with Gasteiger partial charge in [-0.3, -0.25) is 9.80 Å². The van der Waals surface area contributed by atoms with Gasteiger partial charge >= 0.3 is 0 Å². The van der Waals surface area contributed by atoms with Gasteiger partial charge in [0.25, 0.3) is 0 Å². The standard InChI is InChI=1S/C13H21N3/c14-11-13(16-8-2-1-3-9-16)6-10-15-7-4-5-12(13)15/h12H,1-10H2. The van der Waals surface area contributed by atoms with Crippen molar-refractivity contribution in [3.05, 3.63) is 0 Å². The van der Waals surface area contributed by atoms with E-state index in [-0.39, 0.29) is 5.54 Å². The summed E-state index contributed by atoms with van der Waals surface area (Å²) in [5.41, 5.74) is -0.128. The van der Waals surface area contributed by atoms with Gasteiger partial charge in [-0.15, -0.1) is 0 Å². The Bertz CT molecular complexity index is 303. The summed E-state index contributed by atoms with van der Waals surface area (Å²) < 4.78 is 0. The van der Waals surface area contributed by atoms with Crippen LogP contribution in [0.4, 0.5) is 0 Å². The number of piperidine rings is 1. The molecule has 0 aliphatic carbocycles. The Labute approximate surface area is 98.0 Å². The van der Waals surface area contributed by atoms with E-state index in [1.807, 2.05) is 0 Å². The summed E-state index contributed by atoms with van der Waals surface area (Å²) in [6, 6.07) is 3.24. The molecule has 0 spiro atoms. The predicted octanol–water partition coefficient (Wildman–Crippen LogP) is 1.60. The fourth-order valence-corrected chi connectivity index (χ4v) is 3.98. The van der Waals surface area contributed by atoms with Crippen LogP contribution in [0.5, 0.6) is 0 Å². The topological polar surface area (TPSA) is 30.3 Å². The monoisotopic (exact) mass is 219 g/mol.